The fourth-order valence-electron chi connectivity index (χ4n) is 3.30. The first-order valence-corrected chi connectivity index (χ1v) is 8.49. The molecule has 2 aromatic carbocycles. The van der Waals surface area contributed by atoms with E-state index in [1.807, 2.05) is 6.07 Å². The average Bonchev–Trinajstić information content (AvgIpc) is 2.61. The predicted octanol–water partition coefficient (Wildman–Crippen LogP) is 3.95. The molecule has 0 aromatic heterocycles. The van der Waals surface area contributed by atoms with Crippen molar-refractivity contribution in [2.24, 2.45) is 0 Å². The lowest BCUT2D eigenvalue weighted by atomic mass is 9.64. The summed E-state index contributed by atoms with van der Waals surface area (Å²) < 4.78 is 10.5. The smallest absolute Gasteiger partial charge is 0.319 e. The normalized spacial score (nSPS) is 15.0. The van der Waals surface area contributed by atoms with Crippen LogP contribution in [0.1, 0.15) is 24.8 Å². The van der Waals surface area contributed by atoms with Crippen LogP contribution in [0.15, 0.2) is 48.5 Å². The average molecular weight is 340 g/mol. The summed E-state index contributed by atoms with van der Waals surface area (Å²) >= 11 is 0. The third-order valence-corrected chi connectivity index (χ3v) is 4.93. The first kappa shape index (κ1) is 17.1. The van der Waals surface area contributed by atoms with E-state index >= 15 is 0 Å². The maximum Gasteiger partial charge on any atom is 0.319 e. The molecule has 2 amide bonds. The number of hydrogen-bond donors (Lipinski definition) is 2. The van der Waals surface area contributed by atoms with E-state index in [1.54, 1.807) is 32.4 Å². The number of benzene rings is 2. The molecule has 0 radical (unpaired) electrons. The molecule has 0 aliphatic heterocycles. The topological polar surface area (TPSA) is 59.6 Å². The number of rotatable bonds is 6. The lowest BCUT2D eigenvalue weighted by Gasteiger charge is -2.42. The Hall–Kier alpha value is -2.69. The van der Waals surface area contributed by atoms with E-state index in [-0.39, 0.29) is 11.4 Å². The monoisotopic (exact) mass is 340 g/mol. The zero-order valence-electron chi connectivity index (χ0n) is 14.7. The third kappa shape index (κ3) is 3.71. The molecule has 1 fully saturated rings. The van der Waals surface area contributed by atoms with E-state index < -0.39 is 0 Å². The molecule has 1 aliphatic carbocycles. The van der Waals surface area contributed by atoms with Crippen molar-refractivity contribution >= 4 is 11.7 Å². The Morgan fingerprint density at radius 2 is 1.76 bits per heavy atom. The van der Waals surface area contributed by atoms with Crippen LogP contribution in [-0.4, -0.2) is 26.8 Å². The molecule has 0 bridgehead atoms. The summed E-state index contributed by atoms with van der Waals surface area (Å²) in [6.45, 7) is 0.635. The maximum atomic E-state index is 12.3. The SMILES string of the molecule is COc1ccc(NC(=O)NCC2(c3ccccc3)CCC2)cc1OC. The number of nitrogens with one attached hydrogen (secondary N) is 2. The molecule has 5 nitrogen and oxygen atoms in total. The molecule has 1 aliphatic rings. The first-order valence-electron chi connectivity index (χ1n) is 8.49. The summed E-state index contributed by atoms with van der Waals surface area (Å²) in [6.07, 6.45) is 3.41. The van der Waals surface area contributed by atoms with Crippen molar-refractivity contribution in [1.82, 2.24) is 5.32 Å². The summed E-state index contributed by atoms with van der Waals surface area (Å²) in [7, 11) is 3.15. The minimum Gasteiger partial charge on any atom is -0.493 e. The molecule has 0 atom stereocenters. The van der Waals surface area contributed by atoms with E-state index in [0.717, 1.165) is 12.8 Å². The molecule has 1 saturated carbocycles. The Kier molecular flexibility index (Phi) is 5.12. The van der Waals surface area contributed by atoms with Crippen LogP contribution in [0, 0.1) is 0 Å². The Bertz CT molecular complexity index is 727. The number of carbonyl (C=O) groups is 1. The lowest BCUT2D eigenvalue weighted by molar-refractivity contribution is 0.222. The molecule has 132 valence electrons. The van der Waals surface area contributed by atoms with E-state index in [1.165, 1.54) is 12.0 Å². The second kappa shape index (κ2) is 7.47. The Balaban J connectivity index is 1.61. The van der Waals surface area contributed by atoms with Gasteiger partial charge in [-0.25, -0.2) is 4.79 Å². The number of urea groups is 1. The molecule has 2 aromatic rings. The van der Waals surface area contributed by atoms with Crippen LogP contribution in [0.4, 0.5) is 10.5 Å². The van der Waals surface area contributed by atoms with Gasteiger partial charge in [0, 0.05) is 23.7 Å². The molecule has 0 saturated heterocycles. The molecule has 0 heterocycles. The quantitative estimate of drug-likeness (QED) is 0.837. The van der Waals surface area contributed by atoms with Gasteiger partial charge in [-0.3, -0.25) is 0 Å². The van der Waals surface area contributed by atoms with Crippen molar-refractivity contribution < 1.29 is 14.3 Å². The lowest BCUT2D eigenvalue weighted by Crippen LogP contribution is -2.46. The van der Waals surface area contributed by atoms with Crippen molar-refractivity contribution in [3.05, 3.63) is 54.1 Å². The summed E-state index contributed by atoms with van der Waals surface area (Å²) in [5.41, 5.74) is 2.03. The number of hydrogen-bond acceptors (Lipinski definition) is 3. The van der Waals surface area contributed by atoms with Crippen molar-refractivity contribution in [3.63, 3.8) is 0 Å². The molecule has 3 rings (SSSR count). The molecule has 5 heteroatoms. The van der Waals surface area contributed by atoms with E-state index in [9.17, 15) is 4.79 Å². The van der Waals surface area contributed by atoms with Gasteiger partial charge in [0.1, 0.15) is 0 Å². The van der Waals surface area contributed by atoms with Crippen LogP contribution < -0.4 is 20.1 Å². The van der Waals surface area contributed by atoms with E-state index in [4.69, 9.17) is 9.47 Å². The number of methoxy groups -OCH3 is 2. The van der Waals surface area contributed by atoms with Crippen LogP contribution in [0.2, 0.25) is 0 Å². The van der Waals surface area contributed by atoms with Gasteiger partial charge >= 0.3 is 6.03 Å². The maximum absolute atomic E-state index is 12.3. The summed E-state index contributed by atoms with van der Waals surface area (Å²) in [5.74, 6) is 1.21. The summed E-state index contributed by atoms with van der Waals surface area (Å²) in [5, 5.41) is 5.87. The zero-order chi connectivity index (χ0) is 17.7. The highest BCUT2D eigenvalue weighted by atomic mass is 16.5. The Morgan fingerprint density at radius 1 is 1.04 bits per heavy atom. The van der Waals surface area contributed by atoms with Gasteiger partial charge in [0.05, 0.1) is 14.2 Å². The highest BCUT2D eigenvalue weighted by Gasteiger charge is 2.38. The molecular weight excluding hydrogens is 316 g/mol. The first-order chi connectivity index (χ1) is 12.2. The third-order valence-electron chi connectivity index (χ3n) is 4.93. The largest absolute Gasteiger partial charge is 0.493 e. The second-order valence-corrected chi connectivity index (χ2v) is 6.38. The second-order valence-electron chi connectivity index (χ2n) is 6.38. The highest BCUT2D eigenvalue weighted by Crippen LogP contribution is 2.43. The molecular formula is C20H24N2O3. The Labute approximate surface area is 148 Å². The molecule has 2 N–H and O–H groups in total. The minimum atomic E-state index is -0.213. The van der Waals surface area contributed by atoms with Crippen molar-refractivity contribution in [2.75, 3.05) is 26.1 Å². The minimum absolute atomic E-state index is 0.0657. The standard InChI is InChI=1S/C20H24N2O3/c1-24-17-10-9-16(13-18(17)25-2)22-19(23)21-14-20(11-6-12-20)15-7-4-3-5-8-15/h3-5,7-10,13H,6,11-12,14H2,1-2H3,(H2,21,22,23). The van der Waals surface area contributed by atoms with Gasteiger partial charge in [-0.1, -0.05) is 36.8 Å². The van der Waals surface area contributed by atoms with Crippen LogP contribution in [-0.2, 0) is 5.41 Å². The van der Waals surface area contributed by atoms with Crippen LogP contribution in [0.25, 0.3) is 0 Å². The van der Waals surface area contributed by atoms with Gasteiger partial charge < -0.3 is 20.1 Å². The fraction of sp³-hybridized carbons (Fsp3) is 0.350. The van der Waals surface area contributed by atoms with Crippen LogP contribution >= 0.6 is 0 Å². The van der Waals surface area contributed by atoms with E-state index in [2.05, 4.69) is 34.9 Å². The van der Waals surface area contributed by atoms with Gasteiger partial charge in [-0.2, -0.15) is 0 Å². The van der Waals surface area contributed by atoms with Crippen molar-refractivity contribution in [1.29, 1.82) is 0 Å². The van der Waals surface area contributed by atoms with Gasteiger partial charge in [0.2, 0.25) is 0 Å². The van der Waals surface area contributed by atoms with Gasteiger partial charge in [-0.15, -0.1) is 0 Å². The van der Waals surface area contributed by atoms with Crippen molar-refractivity contribution in [2.45, 2.75) is 24.7 Å². The van der Waals surface area contributed by atoms with Gasteiger partial charge in [0.15, 0.2) is 11.5 Å². The predicted molar refractivity (Wildman–Crippen MR) is 98.5 cm³/mol. The van der Waals surface area contributed by atoms with E-state index in [0.29, 0.717) is 23.7 Å². The zero-order valence-corrected chi connectivity index (χ0v) is 14.7. The number of ether oxygens (including phenoxy) is 2. The fourth-order valence-corrected chi connectivity index (χ4v) is 3.30. The van der Waals surface area contributed by atoms with Crippen molar-refractivity contribution in [3.8, 4) is 11.5 Å². The molecule has 0 unspecified atom stereocenters. The number of amides is 2. The molecule has 0 spiro atoms. The van der Waals surface area contributed by atoms with Crippen LogP contribution in [0.3, 0.4) is 0 Å². The van der Waals surface area contributed by atoms with Gasteiger partial charge in [-0.05, 0) is 30.5 Å². The number of carbonyl (C=O) groups excluding carboxylic acids is 1. The molecule has 25 heavy (non-hydrogen) atoms. The Morgan fingerprint density at radius 3 is 2.36 bits per heavy atom. The van der Waals surface area contributed by atoms with Gasteiger partial charge in [0.25, 0.3) is 0 Å². The summed E-state index contributed by atoms with van der Waals surface area (Å²) in [6, 6.07) is 15.5. The number of anilines is 1. The highest BCUT2D eigenvalue weighted by molar-refractivity contribution is 5.89. The van der Waals surface area contributed by atoms with Crippen LogP contribution in [0.5, 0.6) is 11.5 Å². The summed E-state index contributed by atoms with van der Waals surface area (Å²) in [4.78, 5) is 12.3.